The van der Waals surface area contributed by atoms with Crippen LogP contribution in [0.1, 0.15) is 51.9 Å². The number of aliphatic hydroxyl groups is 1. The fourth-order valence-corrected chi connectivity index (χ4v) is 2.46. The molecule has 6 nitrogen and oxygen atoms in total. The smallest absolute Gasteiger partial charge is 0.317 e. The van der Waals surface area contributed by atoms with Gasteiger partial charge in [-0.2, -0.15) is 0 Å². The van der Waals surface area contributed by atoms with Gasteiger partial charge in [-0.05, 0) is 32.6 Å². The van der Waals surface area contributed by atoms with Crippen LogP contribution in [-0.4, -0.2) is 52.3 Å². The molecule has 0 saturated carbocycles. The summed E-state index contributed by atoms with van der Waals surface area (Å²) < 4.78 is 0. The van der Waals surface area contributed by atoms with Crippen molar-refractivity contribution in [1.82, 2.24) is 10.2 Å². The molecule has 0 spiro atoms. The first kappa shape index (κ1) is 16.8. The Balaban J connectivity index is 2.07. The van der Waals surface area contributed by atoms with Crippen molar-refractivity contribution in [3.05, 3.63) is 0 Å². The van der Waals surface area contributed by atoms with Gasteiger partial charge >= 0.3 is 12.0 Å². The van der Waals surface area contributed by atoms with E-state index < -0.39 is 11.6 Å². The van der Waals surface area contributed by atoms with Crippen molar-refractivity contribution in [3.63, 3.8) is 0 Å². The minimum absolute atomic E-state index is 0.115. The van der Waals surface area contributed by atoms with Crippen molar-refractivity contribution >= 4 is 12.0 Å². The molecule has 1 fully saturated rings. The average molecular weight is 286 g/mol. The number of hydrogen-bond donors (Lipinski definition) is 3. The lowest BCUT2D eigenvalue weighted by atomic mass is 9.95. The minimum atomic E-state index is -0.771. The van der Waals surface area contributed by atoms with E-state index >= 15 is 0 Å². The molecule has 0 aromatic carbocycles. The van der Waals surface area contributed by atoms with Crippen LogP contribution in [-0.2, 0) is 4.79 Å². The standard InChI is InChI=1S/C14H26N2O4/c1-14(20)8-6-10-16(11-14)13(19)15-9-5-3-2-4-7-12(17)18/h20H,2-11H2,1H3,(H,15,19)(H,17,18). The molecule has 0 aromatic heterocycles. The molecular weight excluding hydrogens is 260 g/mol. The zero-order valence-corrected chi connectivity index (χ0v) is 12.2. The van der Waals surface area contributed by atoms with Crippen molar-refractivity contribution < 1.29 is 19.8 Å². The van der Waals surface area contributed by atoms with Gasteiger partial charge in [0.2, 0.25) is 0 Å². The molecule has 116 valence electrons. The van der Waals surface area contributed by atoms with E-state index in [-0.39, 0.29) is 12.5 Å². The van der Waals surface area contributed by atoms with Crippen molar-refractivity contribution in [2.75, 3.05) is 19.6 Å². The molecule has 0 aliphatic carbocycles. The van der Waals surface area contributed by atoms with Crippen LogP contribution in [0.5, 0.6) is 0 Å². The predicted molar refractivity (Wildman–Crippen MR) is 75.6 cm³/mol. The van der Waals surface area contributed by atoms with E-state index in [1.165, 1.54) is 0 Å². The van der Waals surface area contributed by atoms with E-state index in [4.69, 9.17) is 5.11 Å². The summed E-state index contributed by atoms with van der Waals surface area (Å²) in [6.45, 7) is 3.44. The second kappa shape index (κ2) is 8.09. The molecule has 1 rings (SSSR count). The summed E-state index contributed by atoms with van der Waals surface area (Å²) in [6.07, 6.45) is 5.13. The van der Waals surface area contributed by atoms with Crippen LogP contribution in [0.2, 0.25) is 0 Å². The Morgan fingerprint density at radius 3 is 2.60 bits per heavy atom. The van der Waals surface area contributed by atoms with Crippen LogP contribution in [0.25, 0.3) is 0 Å². The highest BCUT2D eigenvalue weighted by atomic mass is 16.4. The van der Waals surface area contributed by atoms with Gasteiger partial charge in [0, 0.05) is 19.5 Å². The molecule has 3 N–H and O–H groups in total. The van der Waals surface area contributed by atoms with Crippen LogP contribution in [0.3, 0.4) is 0 Å². The molecule has 1 atom stereocenters. The van der Waals surface area contributed by atoms with Crippen LogP contribution in [0, 0.1) is 0 Å². The van der Waals surface area contributed by atoms with Gasteiger partial charge < -0.3 is 20.4 Å². The number of unbranched alkanes of at least 4 members (excludes halogenated alkanes) is 3. The van der Waals surface area contributed by atoms with Crippen LogP contribution in [0.15, 0.2) is 0 Å². The molecule has 20 heavy (non-hydrogen) atoms. The Bertz CT molecular complexity index is 331. The maximum absolute atomic E-state index is 11.9. The van der Waals surface area contributed by atoms with E-state index in [0.717, 1.165) is 32.1 Å². The summed E-state index contributed by atoms with van der Waals surface area (Å²) >= 11 is 0. The fraction of sp³-hybridized carbons (Fsp3) is 0.857. The number of carbonyl (C=O) groups excluding carboxylic acids is 1. The first-order valence-electron chi connectivity index (χ1n) is 7.38. The average Bonchev–Trinajstić information content (AvgIpc) is 2.35. The summed E-state index contributed by atoms with van der Waals surface area (Å²) in [5.74, 6) is -0.754. The summed E-state index contributed by atoms with van der Waals surface area (Å²) in [7, 11) is 0. The molecule has 0 aromatic rings. The second-order valence-corrected chi connectivity index (χ2v) is 5.81. The van der Waals surface area contributed by atoms with E-state index in [0.29, 0.717) is 26.1 Å². The summed E-state index contributed by atoms with van der Waals surface area (Å²) in [4.78, 5) is 23.9. The number of amides is 2. The first-order valence-corrected chi connectivity index (χ1v) is 7.38. The van der Waals surface area contributed by atoms with Gasteiger partial charge in [-0.1, -0.05) is 12.8 Å². The van der Waals surface area contributed by atoms with Crippen molar-refractivity contribution in [3.8, 4) is 0 Å². The lowest BCUT2D eigenvalue weighted by Crippen LogP contribution is -2.51. The van der Waals surface area contributed by atoms with Gasteiger partial charge in [-0.15, -0.1) is 0 Å². The number of piperidine rings is 1. The maximum Gasteiger partial charge on any atom is 0.317 e. The summed E-state index contributed by atoms with van der Waals surface area (Å²) in [5.41, 5.74) is -0.771. The molecule has 1 unspecified atom stereocenters. The van der Waals surface area contributed by atoms with Gasteiger partial charge in [0.05, 0.1) is 12.1 Å². The molecule has 1 saturated heterocycles. The normalized spacial score (nSPS) is 22.6. The van der Waals surface area contributed by atoms with Crippen LogP contribution < -0.4 is 5.32 Å². The van der Waals surface area contributed by atoms with Gasteiger partial charge in [-0.3, -0.25) is 4.79 Å². The zero-order valence-electron chi connectivity index (χ0n) is 12.2. The lowest BCUT2D eigenvalue weighted by molar-refractivity contribution is -0.137. The highest BCUT2D eigenvalue weighted by Gasteiger charge is 2.30. The molecule has 1 heterocycles. The number of carboxylic acid groups (broad SMARTS) is 1. The molecule has 2 amide bonds. The third-order valence-corrected chi connectivity index (χ3v) is 3.56. The third-order valence-electron chi connectivity index (χ3n) is 3.56. The number of urea groups is 1. The van der Waals surface area contributed by atoms with Crippen LogP contribution in [0.4, 0.5) is 4.79 Å². The number of rotatable bonds is 7. The van der Waals surface area contributed by atoms with E-state index in [1.807, 2.05) is 0 Å². The summed E-state index contributed by atoms with van der Waals surface area (Å²) in [5, 5.41) is 21.3. The molecule has 0 bridgehead atoms. The Labute approximate surface area is 120 Å². The van der Waals surface area contributed by atoms with Gasteiger partial charge in [0.25, 0.3) is 0 Å². The van der Waals surface area contributed by atoms with Gasteiger partial charge in [0.1, 0.15) is 0 Å². The number of hydrogen-bond acceptors (Lipinski definition) is 3. The van der Waals surface area contributed by atoms with E-state index in [2.05, 4.69) is 5.32 Å². The Morgan fingerprint density at radius 2 is 1.95 bits per heavy atom. The van der Waals surface area contributed by atoms with Gasteiger partial charge in [-0.25, -0.2) is 4.79 Å². The number of likely N-dealkylation sites (tertiary alicyclic amines) is 1. The summed E-state index contributed by atoms with van der Waals surface area (Å²) in [6, 6.07) is -0.115. The number of β-amino-alcohol motifs (C(OH)–C–C–N with tert-alkyl or cyclic N) is 1. The Hall–Kier alpha value is -1.30. The molecule has 6 heteroatoms. The maximum atomic E-state index is 11.9. The number of aliphatic carboxylic acids is 1. The number of nitrogens with zero attached hydrogens (tertiary/aromatic N) is 1. The number of nitrogens with one attached hydrogen (secondary N) is 1. The van der Waals surface area contributed by atoms with E-state index in [1.54, 1.807) is 11.8 Å². The predicted octanol–water partition coefficient (Wildman–Crippen LogP) is 1.58. The first-order chi connectivity index (χ1) is 9.41. The van der Waals surface area contributed by atoms with Crippen molar-refractivity contribution in [2.24, 2.45) is 0 Å². The number of carboxylic acids is 1. The number of carbonyl (C=O) groups is 2. The quantitative estimate of drug-likeness (QED) is 0.620. The minimum Gasteiger partial charge on any atom is -0.481 e. The van der Waals surface area contributed by atoms with Crippen molar-refractivity contribution in [2.45, 2.75) is 57.5 Å². The topological polar surface area (TPSA) is 89.9 Å². The molecule has 1 aliphatic rings. The zero-order chi connectivity index (χ0) is 15.0. The molecular formula is C14H26N2O4. The third kappa shape index (κ3) is 6.75. The molecule has 1 aliphatic heterocycles. The highest BCUT2D eigenvalue weighted by Crippen LogP contribution is 2.19. The monoisotopic (exact) mass is 286 g/mol. The lowest BCUT2D eigenvalue weighted by Gasteiger charge is -2.36. The SMILES string of the molecule is CC1(O)CCCN(C(=O)NCCCCCCC(=O)O)C1. The fourth-order valence-electron chi connectivity index (χ4n) is 2.46. The van der Waals surface area contributed by atoms with Gasteiger partial charge in [0.15, 0.2) is 0 Å². The largest absolute Gasteiger partial charge is 0.481 e. The van der Waals surface area contributed by atoms with E-state index in [9.17, 15) is 14.7 Å². The Kier molecular flexibility index (Phi) is 6.78. The van der Waals surface area contributed by atoms with Crippen LogP contribution >= 0.6 is 0 Å². The van der Waals surface area contributed by atoms with Crippen molar-refractivity contribution in [1.29, 1.82) is 0 Å². The Morgan fingerprint density at radius 1 is 1.25 bits per heavy atom. The molecule has 0 radical (unpaired) electrons. The second-order valence-electron chi connectivity index (χ2n) is 5.81. The highest BCUT2D eigenvalue weighted by molar-refractivity contribution is 5.74.